The Kier molecular flexibility index (Phi) is 4.47. The average Bonchev–Trinajstić information content (AvgIpc) is 2.50. The molecule has 2 unspecified atom stereocenters. The van der Waals surface area contributed by atoms with Crippen LogP contribution in [0.15, 0.2) is 48.5 Å². The summed E-state index contributed by atoms with van der Waals surface area (Å²) in [6.07, 6.45) is 2.92. The molecule has 2 aromatic carbocycles. The summed E-state index contributed by atoms with van der Waals surface area (Å²) in [5.74, 6) is 1.52. The lowest BCUT2D eigenvalue weighted by Gasteiger charge is -2.28. The van der Waals surface area contributed by atoms with Crippen molar-refractivity contribution in [3.05, 3.63) is 64.7 Å². The summed E-state index contributed by atoms with van der Waals surface area (Å²) in [6, 6.07) is 16.4. The van der Waals surface area contributed by atoms with Crippen LogP contribution < -0.4 is 10.5 Å². The van der Waals surface area contributed by atoms with Crippen molar-refractivity contribution < 1.29 is 4.74 Å². The lowest BCUT2D eigenvalue weighted by atomic mass is 9.86. The van der Waals surface area contributed by atoms with E-state index in [9.17, 15) is 0 Å². The van der Waals surface area contributed by atoms with Gasteiger partial charge in [0.05, 0.1) is 6.61 Å². The van der Waals surface area contributed by atoms with Crippen molar-refractivity contribution >= 4 is 11.6 Å². The van der Waals surface area contributed by atoms with Gasteiger partial charge in [-0.2, -0.15) is 0 Å². The highest BCUT2D eigenvalue weighted by atomic mass is 35.5. The molecule has 1 aliphatic heterocycles. The fraction of sp³-hybridized carbons (Fsp3) is 0.333. The highest BCUT2D eigenvalue weighted by Crippen LogP contribution is 2.36. The first-order chi connectivity index (χ1) is 10.2. The highest BCUT2D eigenvalue weighted by molar-refractivity contribution is 6.30. The molecule has 2 nitrogen and oxygen atoms in total. The quantitative estimate of drug-likeness (QED) is 0.920. The van der Waals surface area contributed by atoms with E-state index in [0.717, 1.165) is 36.6 Å². The number of ether oxygens (including phenoxy) is 1. The second-order valence-electron chi connectivity index (χ2n) is 5.70. The van der Waals surface area contributed by atoms with Crippen LogP contribution in [0.5, 0.6) is 5.75 Å². The van der Waals surface area contributed by atoms with Gasteiger partial charge in [0, 0.05) is 11.1 Å². The van der Waals surface area contributed by atoms with E-state index in [4.69, 9.17) is 22.1 Å². The number of hydrogen-bond acceptors (Lipinski definition) is 2. The first-order valence-electron chi connectivity index (χ1n) is 7.44. The molecular weight excluding hydrogens is 282 g/mol. The van der Waals surface area contributed by atoms with Crippen LogP contribution in [0.2, 0.25) is 5.02 Å². The molecule has 0 bridgehead atoms. The zero-order valence-electron chi connectivity index (χ0n) is 12.0. The van der Waals surface area contributed by atoms with E-state index in [0.29, 0.717) is 5.92 Å². The maximum Gasteiger partial charge on any atom is 0.122 e. The van der Waals surface area contributed by atoms with Crippen molar-refractivity contribution in [1.82, 2.24) is 0 Å². The summed E-state index contributed by atoms with van der Waals surface area (Å²) in [4.78, 5) is 0. The van der Waals surface area contributed by atoms with Gasteiger partial charge in [-0.1, -0.05) is 41.9 Å². The van der Waals surface area contributed by atoms with Gasteiger partial charge in [0.25, 0.3) is 0 Å². The molecule has 1 aliphatic rings. The zero-order valence-corrected chi connectivity index (χ0v) is 12.7. The Morgan fingerprint density at radius 2 is 1.90 bits per heavy atom. The summed E-state index contributed by atoms with van der Waals surface area (Å²) >= 11 is 5.91. The minimum Gasteiger partial charge on any atom is -0.493 e. The van der Waals surface area contributed by atoms with Gasteiger partial charge in [-0.25, -0.2) is 0 Å². The van der Waals surface area contributed by atoms with Gasteiger partial charge in [-0.3, -0.25) is 0 Å². The van der Waals surface area contributed by atoms with Crippen LogP contribution in [0.25, 0.3) is 0 Å². The molecule has 0 spiro atoms. The largest absolute Gasteiger partial charge is 0.493 e. The maximum atomic E-state index is 6.36. The minimum absolute atomic E-state index is 0.155. The molecule has 21 heavy (non-hydrogen) atoms. The van der Waals surface area contributed by atoms with Crippen molar-refractivity contribution in [1.29, 1.82) is 0 Å². The molecule has 0 aromatic heterocycles. The molecule has 3 rings (SSSR count). The molecular formula is C18H20ClNO. The van der Waals surface area contributed by atoms with Crippen LogP contribution in [0.3, 0.4) is 0 Å². The summed E-state index contributed by atoms with van der Waals surface area (Å²) in [6.45, 7) is 0.787. The van der Waals surface area contributed by atoms with Crippen molar-refractivity contribution in [2.45, 2.75) is 31.2 Å². The van der Waals surface area contributed by atoms with Gasteiger partial charge in [0.2, 0.25) is 0 Å². The van der Waals surface area contributed by atoms with E-state index in [1.807, 2.05) is 24.3 Å². The van der Waals surface area contributed by atoms with Crippen LogP contribution in [0, 0.1) is 0 Å². The molecule has 0 saturated carbocycles. The van der Waals surface area contributed by atoms with Crippen LogP contribution in [0.1, 0.15) is 29.9 Å². The van der Waals surface area contributed by atoms with Gasteiger partial charge >= 0.3 is 0 Å². The smallest absolute Gasteiger partial charge is 0.122 e. The SMILES string of the molecule is NC(Cc1ccc(Cl)cc1)CC1CCOc2ccccc21. The van der Waals surface area contributed by atoms with Gasteiger partial charge in [-0.15, -0.1) is 0 Å². The van der Waals surface area contributed by atoms with Crippen LogP contribution >= 0.6 is 11.6 Å². The number of fused-ring (bicyclic) bond motifs is 1. The van der Waals surface area contributed by atoms with E-state index in [1.54, 1.807) is 0 Å². The number of para-hydroxylation sites is 1. The van der Waals surface area contributed by atoms with E-state index in [-0.39, 0.29) is 6.04 Å². The van der Waals surface area contributed by atoms with E-state index in [2.05, 4.69) is 24.3 Å². The number of rotatable bonds is 4. The van der Waals surface area contributed by atoms with Crippen LogP contribution in [-0.4, -0.2) is 12.6 Å². The van der Waals surface area contributed by atoms with Crippen molar-refractivity contribution in [2.24, 2.45) is 5.73 Å². The molecule has 2 aromatic rings. The second-order valence-corrected chi connectivity index (χ2v) is 6.13. The fourth-order valence-electron chi connectivity index (χ4n) is 3.03. The molecule has 2 atom stereocenters. The standard InChI is InChI=1S/C18H20ClNO/c19-15-7-5-13(6-8-15)11-16(20)12-14-9-10-21-18-4-2-1-3-17(14)18/h1-8,14,16H,9-12,20H2. The molecule has 0 amide bonds. The molecule has 110 valence electrons. The maximum absolute atomic E-state index is 6.36. The molecule has 0 radical (unpaired) electrons. The van der Waals surface area contributed by atoms with Crippen molar-refractivity contribution in [2.75, 3.05) is 6.61 Å². The number of benzene rings is 2. The second kappa shape index (κ2) is 6.50. The van der Waals surface area contributed by atoms with E-state index in [1.165, 1.54) is 11.1 Å². The Morgan fingerprint density at radius 1 is 1.14 bits per heavy atom. The summed E-state index contributed by atoms with van der Waals surface area (Å²) in [5, 5.41) is 0.769. The van der Waals surface area contributed by atoms with Crippen molar-refractivity contribution in [3.63, 3.8) is 0 Å². The molecule has 2 N–H and O–H groups in total. The zero-order chi connectivity index (χ0) is 14.7. The molecule has 3 heteroatoms. The molecule has 0 aliphatic carbocycles. The summed E-state index contributed by atoms with van der Waals surface area (Å²) < 4.78 is 5.71. The Labute approximate surface area is 130 Å². The normalized spacial score (nSPS) is 18.7. The van der Waals surface area contributed by atoms with Crippen LogP contribution in [0.4, 0.5) is 0 Å². The molecule has 1 heterocycles. The van der Waals surface area contributed by atoms with Crippen LogP contribution in [-0.2, 0) is 6.42 Å². The van der Waals surface area contributed by atoms with Crippen molar-refractivity contribution in [3.8, 4) is 5.75 Å². The fourth-order valence-corrected chi connectivity index (χ4v) is 3.16. The molecule has 0 fully saturated rings. The summed E-state index contributed by atoms with van der Waals surface area (Å²) in [7, 11) is 0. The minimum atomic E-state index is 0.155. The third-order valence-electron chi connectivity index (χ3n) is 4.08. The predicted molar refractivity (Wildman–Crippen MR) is 87.0 cm³/mol. The highest BCUT2D eigenvalue weighted by Gasteiger charge is 2.23. The Hall–Kier alpha value is -1.51. The number of halogens is 1. The number of nitrogens with two attached hydrogens (primary N) is 1. The third kappa shape index (κ3) is 3.58. The van der Waals surface area contributed by atoms with E-state index >= 15 is 0 Å². The Balaban J connectivity index is 1.65. The Bertz CT molecular complexity index is 596. The number of hydrogen-bond donors (Lipinski definition) is 1. The lowest BCUT2D eigenvalue weighted by Crippen LogP contribution is -2.27. The van der Waals surface area contributed by atoms with Gasteiger partial charge in [0.15, 0.2) is 0 Å². The van der Waals surface area contributed by atoms with Gasteiger partial charge in [-0.05, 0) is 54.5 Å². The van der Waals surface area contributed by atoms with Gasteiger partial charge in [0.1, 0.15) is 5.75 Å². The predicted octanol–water partition coefficient (Wildman–Crippen LogP) is 4.17. The first kappa shape index (κ1) is 14.4. The third-order valence-corrected chi connectivity index (χ3v) is 4.33. The topological polar surface area (TPSA) is 35.2 Å². The summed E-state index contributed by atoms with van der Waals surface area (Å²) in [5.41, 5.74) is 8.90. The lowest BCUT2D eigenvalue weighted by molar-refractivity contribution is 0.259. The monoisotopic (exact) mass is 301 g/mol. The first-order valence-corrected chi connectivity index (χ1v) is 7.82. The average molecular weight is 302 g/mol. The Morgan fingerprint density at radius 3 is 2.71 bits per heavy atom. The van der Waals surface area contributed by atoms with E-state index < -0.39 is 0 Å². The molecule has 0 saturated heterocycles. The van der Waals surface area contributed by atoms with Gasteiger partial charge < -0.3 is 10.5 Å².